The Morgan fingerprint density at radius 1 is 1.03 bits per heavy atom. The molecule has 2 aromatic rings. The van der Waals surface area contributed by atoms with Crippen LogP contribution in [0, 0.1) is 5.92 Å². The van der Waals surface area contributed by atoms with Crippen molar-refractivity contribution in [2.45, 2.75) is 31.6 Å². The lowest BCUT2D eigenvalue weighted by atomic mass is 9.98. The minimum Gasteiger partial charge on any atom is -0.338 e. The molecule has 2 aliphatic rings. The van der Waals surface area contributed by atoms with Crippen LogP contribution in [-0.2, 0) is 19.6 Å². The summed E-state index contributed by atoms with van der Waals surface area (Å²) < 4.78 is 26.8. The molecule has 34 heavy (non-hydrogen) atoms. The summed E-state index contributed by atoms with van der Waals surface area (Å²) in [5.41, 5.74) is 3.04. The van der Waals surface area contributed by atoms with Crippen molar-refractivity contribution in [3.63, 3.8) is 0 Å². The van der Waals surface area contributed by atoms with Gasteiger partial charge in [0.2, 0.25) is 21.8 Å². The third kappa shape index (κ3) is 4.79. The van der Waals surface area contributed by atoms with E-state index >= 15 is 0 Å². The summed E-state index contributed by atoms with van der Waals surface area (Å²) >= 11 is 0. The SMILES string of the molecule is CCN(CC)S(=O)(=O)c1ccc(N2C[C@H](C(=O)N3CC=C(c4ccccc4)CC3)CC2=O)cc1. The molecule has 2 aromatic carbocycles. The Morgan fingerprint density at radius 3 is 2.29 bits per heavy atom. The van der Waals surface area contributed by atoms with Crippen LogP contribution >= 0.6 is 0 Å². The first kappa shape index (κ1) is 24.2. The number of sulfonamides is 1. The van der Waals surface area contributed by atoms with Crippen molar-refractivity contribution in [2.24, 2.45) is 5.92 Å². The Morgan fingerprint density at radius 2 is 1.71 bits per heavy atom. The van der Waals surface area contributed by atoms with Crippen molar-refractivity contribution in [1.29, 1.82) is 0 Å². The first-order chi connectivity index (χ1) is 16.3. The van der Waals surface area contributed by atoms with Crippen LogP contribution in [0.5, 0.6) is 0 Å². The number of hydrogen-bond acceptors (Lipinski definition) is 4. The molecule has 0 bridgehead atoms. The van der Waals surface area contributed by atoms with Gasteiger partial charge in [0.1, 0.15) is 0 Å². The Balaban J connectivity index is 1.41. The summed E-state index contributed by atoms with van der Waals surface area (Å²) in [6, 6.07) is 16.5. The molecule has 1 saturated heterocycles. The highest BCUT2D eigenvalue weighted by atomic mass is 32.2. The Kier molecular flexibility index (Phi) is 7.19. The highest BCUT2D eigenvalue weighted by Gasteiger charge is 2.37. The fraction of sp³-hybridized carbons (Fsp3) is 0.385. The molecule has 8 heteroatoms. The molecule has 4 rings (SSSR count). The second kappa shape index (κ2) is 10.1. The molecule has 2 aliphatic heterocycles. The van der Waals surface area contributed by atoms with Crippen LogP contribution in [0.1, 0.15) is 32.3 Å². The summed E-state index contributed by atoms with van der Waals surface area (Å²) in [6.07, 6.45) is 3.06. The summed E-state index contributed by atoms with van der Waals surface area (Å²) in [5, 5.41) is 0. The minimum absolute atomic E-state index is 0.0000528. The molecular weight excluding hydrogens is 450 g/mol. The maximum atomic E-state index is 13.1. The molecule has 180 valence electrons. The quantitative estimate of drug-likeness (QED) is 0.607. The van der Waals surface area contributed by atoms with Gasteiger partial charge >= 0.3 is 0 Å². The monoisotopic (exact) mass is 481 g/mol. The number of benzene rings is 2. The van der Waals surface area contributed by atoms with E-state index in [-0.39, 0.29) is 23.1 Å². The van der Waals surface area contributed by atoms with Crippen molar-refractivity contribution < 1.29 is 18.0 Å². The van der Waals surface area contributed by atoms with Crippen LogP contribution in [0.3, 0.4) is 0 Å². The van der Waals surface area contributed by atoms with E-state index in [1.54, 1.807) is 30.9 Å². The van der Waals surface area contributed by atoms with Crippen LogP contribution in [0.25, 0.3) is 5.57 Å². The van der Waals surface area contributed by atoms with E-state index in [0.29, 0.717) is 38.4 Å². The standard InChI is InChI=1S/C26H31N3O4S/c1-3-28(4-2)34(32,33)24-12-10-23(11-13-24)29-19-22(18-25(29)30)26(31)27-16-14-21(15-17-27)20-8-6-5-7-9-20/h5-14,22H,3-4,15-19H2,1-2H3/t22-/m1/s1. The molecule has 2 amide bonds. The van der Waals surface area contributed by atoms with Gasteiger partial charge in [0, 0.05) is 44.8 Å². The average Bonchev–Trinajstić information content (AvgIpc) is 3.26. The fourth-order valence-electron chi connectivity index (χ4n) is 4.68. The Hall–Kier alpha value is -2.97. The molecule has 1 fully saturated rings. The molecular formula is C26H31N3O4S. The lowest BCUT2D eigenvalue weighted by Crippen LogP contribution is -2.39. The van der Waals surface area contributed by atoms with Gasteiger partial charge in [-0.25, -0.2) is 8.42 Å². The number of rotatable bonds is 7. The van der Waals surface area contributed by atoms with Gasteiger partial charge < -0.3 is 9.80 Å². The smallest absolute Gasteiger partial charge is 0.243 e. The average molecular weight is 482 g/mol. The zero-order valence-corrected chi connectivity index (χ0v) is 20.5. The zero-order chi connectivity index (χ0) is 24.3. The molecule has 0 aliphatic carbocycles. The zero-order valence-electron chi connectivity index (χ0n) is 19.7. The number of carbonyl (C=O) groups excluding carboxylic acids is 2. The van der Waals surface area contributed by atoms with Gasteiger partial charge in [-0.2, -0.15) is 4.31 Å². The van der Waals surface area contributed by atoms with Crippen molar-refractivity contribution in [2.75, 3.05) is 37.6 Å². The number of hydrogen-bond donors (Lipinski definition) is 0. The van der Waals surface area contributed by atoms with Crippen molar-refractivity contribution in [3.8, 4) is 0 Å². The number of anilines is 1. The maximum Gasteiger partial charge on any atom is 0.243 e. The van der Waals surface area contributed by atoms with Crippen LogP contribution in [0.4, 0.5) is 5.69 Å². The number of carbonyl (C=O) groups is 2. The highest BCUT2D eigenvalue weighted by Crippen LogP contribution is 2.29. The first-order valence-corrected chi connectivity index (χ1v) is 13.2. The van der Waals surface area contributed by atoms with E-state index in [1.165, 1.54) is 27.6 Å². The summed E-state index contributed by atoms with van der Waals surface area (Å²) in [6.45, 7) is 5.90. The summed E-state index contributed by atoms with van der Waals surface area (Å²) in [7, 11) is -3.55. The number of nitrogens with zero attached hydrogens (tertiary/aromatic N) is 3. The highest BCUT2D eigenvalue weighted by molar-refractivity contribution is 7.89. The van der Waals surface area contributed by atoms with E-state index in [2.05, 4.69) is 18.2 Å². The minimum atomic E-state index is -3.55. The van der Waals surface area contributed by atoms with E-state index in [4.69, 9.17) is 0 Å². The van der Waals surface area contributed by atoms with Gasteiger partial charge in [0.05, 0.1) is 10.8 Å². The molecule has 0 saturated carbocycles. The van der Waals surface area contributed by atoms with Crippen LogP contribution in [-0.4, -0.2) is 62.2 Å². The molecule has 0 radical (unpaired) electrons. The molecule has 0 unspecified atom stereocenters. The molecule has 2 heterocycles. The predicted molar refractivity (Wildman–Crippen MR) is 133 cm³/mol. The predicted octanol–water partition coefficient (Wildman–Crippen LogP) is 3.39. The Labute approximate surface area is 201 Å². The molecule has 7 nitrogen and oxygen atoms in total. The Bertz CT molecular complexity index is 1170. The number of amides is 2. The van der Waals surface area contributed by atoms with Gasteiger partial charge in [0.15, 0.2) is 0 Å². The third-order valence-corrected chi connectivity index (χ3v) is 8.70. The van der Waals surface area contributed by atoms with Crippen molar-refractivity contribution in [3.05, 3.63) is 66.2 Å². The van der Waals surface area contributed by atoms with E-state index in [9.17, 15) is 18.0 Å². The van der Waals surface area contributed by atoms with Crippen LogP contribution in [0.2, 0.25) is 0 Å². The van der Waals surface area contributed by atoms with Crippen LogP contribution in [0.15, 0.2) is 65.6 Å². The van der Waals surface area contributed by atoms with Crippen LogP contribution < -0.4 is 4.90 Å². The maximum absolute atomic E-state index is 13.1. The van der Waals surface area contributed by atoms with Gasteiger partial charge in [0.25, 0.3) is 0 Å². The van der Waals surface area contributed by atoms with Crippen molar-refractivity contribution in [1.82, 2.24) is 9.21 Å². The normalized spacial score (nSPS) is 19.0. The molecule has 0 spiro atoms. The molecule has 1 atom stereocenters. The van der Waals surface area contributed by atoms with Gasteiger partial charge in [-0.15, -0.1) is 0 Å². The summed E-state index contributed by atoms with van der Waals surface area (Å²) in [5.74, 6) is -0.506. The van der Waals surface area contributed by atoms with E-state index in [0.717, 1.165) is 6.42 Å². The molecule has 0 aromatic heterocycles. The lowest BCUT2D eigenvalue weighted by molar-refractivity contribution is -0.135. The van der Waals surface area contributed by atoms with Gasteiger partial charge in [-0.3, -0.25) is 9.59 Å². The van der Waals surface area contributed by atoms with Gasteiger partial charge in [-0.1, -0.05) is 50.3 Å². The summed E-state index contributed by atoms with van der Waals surface area (Å²) in [4.78, 5) is 29.5. The lowest BCUT2D eigenvalue weighted by Gasteiger charge is -2.29. The second-order valence-corrected chi connectivity index (χ2v) is 10.6. The van der Waals surface area contributed by atoms with Gasteiger partial charge in [-0.05, 0) is 41.8 Å². The van der Waals surface area contributed by atoms with Crippen molar-refractivity contribution >= 4 is 33.1 Å². The largest absolute Gasteiger partial charge is 0.338 e. The van der Waals surface area contributed by atoms with E-state index < -0.39 is 15.9 Å². The molecule has 0 N–H and O–H groups in total. The fourth-order valence-corrected chi connectivity index (χ4v) is 6.13. The third-order valence-electron chi connectivity index (χ3n) is 6.63. The first-order valence-electron chi connectivity index (χ1n) is 11.8. The van der Waals surface area contributed by atoms with E-state index in [1.807, 2.05) is 23.1 Å². The second-order valence-electron chi connectivity index (χ2n) is 8.62. The topological polar surface area (TPSA) is 78.0 Å².